The Bertz CT molecular complexity index is 383. The highest BCUT2D eigenvalue weighted by atomic mass is 28.4. The Balaban J connectivity index is 2.93. The lowest BCUT2D eigenvalue weighted by Crippen LogP contribution is -2.43. The average Bonchev–Trinajstić information content (AvgIpc) is 2.09. The van der Waals surface area contributed by atoms with Crippen LogP contribution in [0.1, 0.15) is 20.8 Å². The molecule has 0 saturated heterocycles. The Labute approximate surface area is 96.6 Å². The van der Waals surface area contributed by atoms with E-state index in [9.17, 15) is 8.78 Å². The second-order valence-corrected chi connectivity index (χ2v) is 10.2. The van der Waals surface area contributed by atoms with E-state index in [1.165, 1.54) is 6.07 Å². The monoisotopic (exact) mass is 244 g/mol. The number of hydrogen-bond donors (Lipinski definition) is 0. The van der Waals surface area contributed by atoms with Crippen LogP contribution in [-0.4, -0.2) is 8.32 Å². The van der Waals surface area contributed by atoms with E-state index in [-0.39, 0.29) is 5.04 Å². The van der Waals surface area contributed by atoms with E-state index >= 15 is 0 Å². The van der Waals surface area contributed by atoms with E-state index in [0.717, 1.165) is 12.1 Å². The van der Waals surface area contributed by atoms with Gasteiger partial charge in [0.1, 0.15) is 5.75 Å². The second-order valence-electron chi connectivity index (χ2n) is 5.44. The fourth-order valence-corrected chi connectivity index (χ4v) is 2.01. The molecule has 1 aromatic rings. The van der Waals surface area contributed by atoms with Crippen LogP contribution in [0.4, 0.5) is 8.78 Å². The van der Waals surface area contributed by atoms with Crippen LogP contribution in [0.2, 0.25) is 18.1 Å². The van der Waals surface area contributed by atoms with Crippen LogP contribution in [0.25, 0.3) is 0 Å². The van der Waals surface area contributed by atoms with Gasteiger partial charge in [0.15, 0.2) is 11.6 Å². The molecular formula is C12H18F2OSi. The van der Waals surface area contributed by atoms with Gasteiger partial charge in [-0.3, -0.25) is 0 Å². The Hall–Kier alpha value is -0.903. The lowest BCUT2D eigenvalue weighted by Gasteiger charge is -2.36. The number of benzene rings is 1. The molecule has 0 amide bonds. The Kier molecular flexibility index (Phi) is 3.43. The fraction of sp³-hybridized carbons (Fsp3) is 0.500. The van der Waals surface area contributed by atoms with Crippen molar-refractivity contribution in [2.24, 2.45) is 0 Å². The summed E-state index contributed by atoms with van der Waals surface area (Å²) < 4.78 is 31.6. The maximum absolute atomic E-state index is 13.0. The Morgan fingerprint density at radius 3 is 2.06 bits per heavy atom. The smallest absolute Gasteiger partial charge is 0.250 e. The van der Waals surface area contributed by atoms with Gasteiger partial charge in [0.25, 0.3) is 0 Å². The van der Waals surface area contributed by atoms with Crippen LogP contribution < -0.4 is 4.43 Å². The molecule has 4 heteroatoms. The summed E-state index contributed by atoms with van der Waals surface area (Å²) in [4.78, 5) is 0. The molecule has 1 rings (SSSR count). The Morgan fingerprint density at radius 1 is 1.06 bits per heavy atom. The zero-order valence-corrected chi connectivity index (χ0v) is 11.4. The molecule has 0 bridgehead atoms. The van der Waals surface area contributed by atoms with Crippen LogP contribution in [0.15, 0.2) is 18.2 Å². The molecule has 0 aliphatic heterocycles. The number of halogens is 2. The van der Waals surface area contributed by atoms with Gasteiger partial charge in [-0.25, -0.2) is 8.78 Å². The lowest BCUT2D eigenvalue weighted by molar-refractivity contribution is 0.471. The van der Waals surface area contributed by atoms with Gasteiger partial charge in [0, 0.05) is 6.07 Å². The quantitative estimate of drug-likeness (QED) is 0.703. The highest BCUT2D eigenvalue weighted by Crippen LogP contribution is 2.37. The number of rotatable bonds is 2. The third-order valence-electron chi connectivity index (χ3n) is 3.07. The van der Waals surface area contributed by atoms with Gasteiger partial charge in [-0.2, -0.15) is 0 Å². The average molecular weight is 244 g/mol. The molecule has 0 atom stereocenters. The highest BCUT2D eigenvalue weighted by Gasteiger charge is 2.39. The van der Waals surface area contributed by atoms with Gasteiger partial charge in [-0.05, 0) is 30.3 Å². The van der Waals surface area contributed by atoms with Gasteiger partial charge in [0.05, 0.1) is 0 Å². The standard InChI is InChI=1S/C12H18F2OSi/c1-12(2,3)16(4,5)15-9-6-7-10(13)11(14)8-9/h6-8H,1-5H3. The van der Waals surface area contributed by atoms with Crippen molar-refractivity contribution >= 4 is 8.32 Å². The summed E-state index contributed by atoms with van der Waals surface area (Å²) in [6.07, 6.45) is 0. The van der Waals surface area contributed by atoms with Gasteiger partial charge in [-0.1, -0.05) is 20.8 Å². The SMILES string of the molecule is CC(C)(C)[Si](C)(C)Oc1ccc(F)c(F)c1. The zero-order chi connectivity index (χ0) is 12.6. The van der Waals surface area contributed by atoms with Crippen molar-refractivity contribution in [2.75, 3.05) is 0 Å². The summed E-state index contributed by atoms with van der Waals surface area (Å²) in [5.41, 5.74) is 0. The fourth-order valence-electron chi connectivity index (χ4n) is 0.988. The lowest BCUT2D eigenvalue weighted by atomic mass is 10.2. The highest BCUT2D eigenvalue weighted by molar-refractivity contribution is 6.74. The van der Waals surface area contributed by atoms with Gasteiger partial charge in [-0.15, -0.1) is 0 Å². The van der Waals surface area contributed by atoms with E-state index in [0.29, 0.717) is 5.75 Å². The van der Waals surface area contributed by atoms with Crippen molar-refractivity contribution in [3.8, 4) is 5.75 Å². The molecular weight excluding hydrogens is 226 g/mol. The van der Waals surface area contributed by atoms with Gasteiger partial charge < -0.3 is 4.43 Å². The molecule has 0 spiro atoms. The summed E-state index contributed by atoms with van der Waals surface area (Å²) in [7, 11) is -1.98. The maximum atomic E-state index is 13.0. The third kappa shape index (κ3) is 2.81. The summed E-state index contributed by atoms with van der Waals surface area (Å²) in [6, 6.07) is 3.67. The summed E-state index contributed by atoms with van der Waals surface area (Å²) in [5.74, 6) is -1.30. The van der Waals surface area contributed by atoms with Crippen LogP contribution in [-0.2, 0) is 0 Å². The minimum atomic E-state index is -1.98. The van der Waals surface area contributed by atoms with Crippen molar-refractivity contribution in [3.63, 3.8) is 0 Å². The van der Waals surface area contributed by atoms with Crippen molar-refractivity contribution in [1.29, 1.82) is 0 Å². The molecule has 0 aliphatic rings. The van der Waals surface area contributed by atoms with Crippen LogP contribution in [0.3, 0.4) is 0 Å². The normalized spacial score (nSPS) is 12.7. The molecule has 16 heavy (non-hydrogen) atoms. The van der Waals surface area contributed by atoms with Crippen molar-refractivity contribution < 1.29 is 13.2 Å². The minimum absolute atomic E-state index is 0.0395. The van der Waals surface area contributed by atoms with Crippen LogP contribution in [0, 0.1) is 11.6 Å². The largest absolute Gasteiger partial charge is 0.543 e. The molecule has 0 heterocycles. The summed E-state index contributed by atoms with van der Waals surface area (Å²) in [6.45, 7) is 10.4. The topological polar surface area (TPSA) is 9.23 Å². The summed E-state index contributed by atoms with van der Waals surface area (Å²) >= 11 is 0. The predicted molar refractivity (Wildman–Crippen MR) is 64.2 cm³/mol. The first-order valence-electron chi connectivity index (χ1n) is 5.27. The Morgan fingerprint density at radius 2 is 1.62 bits per heavy atom. The third-order valence-corrected chi connectivity index (χ3v) is 7.43. The first kappa shape index (κ1) is 13.2. The van der Waals surface area contributed by atoms with Gasteiger partial charge >= 0.3 is 0 Å². The van der Waals surface area contributed by atoms with Crippen molar-refractivity contribution in [1.82, 2.24) is 0 Å². The molecule has 0 aromatic heterocycles. The second kappa shape index (κ2) is 4.16. The molecule has 0 saturated carbocycles. The van der Waals surface area contributed by atoms with Gasteiger partial charge in [0.2, 0.25) is 8.32 Å². The van der Waals surface area contributed by atoms with Crippen molar-refractivity contribution in [3.05, 3.63) is 29.8 Å². The van der Waals surface area contributed by atoms with E-state index in [4.69, 9.17) is 4.43 Å². The zero-order valence-electron chi connectivity index (χ0n) is 10.4. The molecule has 0 fully saturated rings. The van der Waals surface area contributed by atoms with Crippen molar-refractivity contribution in [2.45, 2.75) is 38.9 Å². The molecule has 0 radical (unpaired) electrons. The predicted octanol–water partition coefficient (Wildman–Crippen LogP) is 4.35. The first-order valence-corrected chi connectivity index (χ1v) is 8.18. The van der Waals surface area contributed by atoms with Crippen LogP contribution in [0.5, 0.6) is 5.75 Å². The number of hydrogen-bond acceptors (Lipinski definition) is 1. The van der Waals surface area contributed by atoms with E-state index in [2.05, 4.69) is 33.9 Å². The van der Waals surface area contributed by atoms with E-state index in [1.54, 1.807) is 0 Å². The minimum Gasteiger partial charge on any atom is -0.543 e. The molecule has 0 unspecified atom stereocenters. The summed E-state index contributed by atoms with van der Waals surface area (Å²) in [5, 5.41) is 0.0395. The molecule has 1 nitrogen and oxygen atoms in total. The van der Waals surface area contributed by atoms with E-state index < -0.39 is 20.0 Å². The van der Waals surface area contributed by atoms with E-state index in [1.807, 2.05) is 0 Å². The molecule has 0 N–H and O–H groups in total. The molecule has 0 aliphatic carbocycles. The molecule has 90 valence electrons. The molecule has 1 aromatic carbocycles. The maximum Gasteiger partial charge on any atom is 0.250 e. The van der Waals surface area contributed by atoms with Crippen LogP contribution >= 0.6 is 0 Å². The first-order chi connectivity index (χ1) is 7.13.